The average molecular weight is 435 g/mol. The predicted octanol–water partition coefficient (Wildman–Crippen LogP) is 4.28. The molecule has 0 saturated carbocycles. The van der Waals surface area contributed by atoms with E-state index in [9.17, 15) is 9.18 Å². The lowest BCUT2D eigenvalue weighted by Gasteiger charge is -2.23. The molecule has 32 heavy (non-hydrogen) atoms. The number of carbonyl (C=O) groups is 1. The second kappa shape index (κ2) is 8.06. The van der Waals surface area contributed by atoms with Crippen molar-refractivity contribution in [3.05, 3.63) is 65.3 Å². The van der Waals surface area contributed by atoms with Crippen LogP contribution in [0.4, 0.5) is 15.9 Å². The van der Waals surface area contributed by atoms with Gasteiger partial charge in [-0.3, -0.25) is 4.79 Å². The van der Waals surface area contributed by atoms with Gasteiger partial charge >= 0.3 is 0 Å². The Morgan fingerprint density at radius 1 is 1.22 bits per heavy atom. The number of pyridine rings is 1. The lowest BCUT2D eigenvalue weighted by atomic mass is 9.93. The molecule has 1 amide bonds. The second-order valence-corrected chi connectivity index (χ2v) is 8.96. The molecule has 1 aromatic heterocycles. The van der Waals surface area contributed by atoms with E-state index in [0.29, 0.717) is 22.6 Å². The number of nitrogens with zero attached hydrogens (tertiary/aromatic N) is 2. The van der Waals surface area contributed by atoms with Crippen molar-refractivity contribution in [1.29, 1.82) is 0 Å². The van der Waals surface area contributed by atoms with E-state index in [0.717, 1.165) is 30.0 Å². The van der Waals surface area contributed by atoms with Crippen LogP contribution < -0.4 is 10.6 Å². The predicted molar refractivity (Wildman–Crippen MR) is 123 cm³/mol. The molecule has 4 heterocycles. The normalized spacial score (nSPS) is 21.8. The van der Waals surface area contributed by atoms with Gasteiger partial charge < -0.3 is 20.3 Å². The molecule has 5 rings (SSSR count). The SMILES string of the molecule is CC1(C)O/C(=C2/C(=O)Nc3cc(F)ccc32)C=C1c1ccc(NCCN2CCCC2)nc1. The maximum Gasteiger partial charge on any atom is 0.260 e. The van der Waals surface area contributed by atoms with Gasteiger partial charge in [-0.15, -0.1) is 0 Å². The fourth-order valence-corrected chi connectivity index (χ4v) is 4.61. The maximum absolute atomic E-state index is 13.6. The summed E-state index contributed by atoms with van der Waals surface area (Å²) >= 11 is 0. The van der Waals surface area contributed by atoms with Crippen LogP contribution in [0.15, 0.2) is 48.4 Å². The Morgan fingerprint density at radius 2 is 2.03 bits per heavy atom. The van der Waals surface area contributed by atoms with Gasteiger partial charge in [0.25, 0.3) is 5.91 Å². The Balaban J connectivity index is 1.37. The fraction of sp³-hybridized carbons (Fsp3) is 0.360. The monoisotopic (exact) mass is 434 g/mol. The first kappa shape index (κ1) is 20.7. The Bertz CT molecular complexity index is 1120. The summed E-state index contributed by atoms with van der Waals surface area (Å²) in [5.74, 6) is 0.652. The quantitative estimate of drug-likeness (QED) is 0.688. The Labute approximate surface area is 187 Å². The van der Waals surface area contributed by atoms with Crippen LogP contribution >= 0.6 is 0 Å². The molecule has 0 unspecified atom stereocenters. The van der Waals surface area contributed by atoms with E-state index >= 15 is 0 Å². The molecule has 2 aromatic rings. The van der Waals surface area contributed by atoms with Crippen LogP contribution in [0.5, 0.6) is 0 Å². The number of aromatic nitrogens is 1. The molecule has 1 aromatic carbocycles. The van der Waals surface area contributed by atoms with Crippen LogP contribution in [0.3, 0.4) is 0 Å². The summed E-state index contributed by atoms with van der Waals surface area (Å²) < 4.78 is 19.8. The summed E-state index contributed by atoms with van der Waals surface area (Å²) in [6.45, 7) is 8.20. The molecular formula is C25H27FN4O2. The number of likely N-dealkylation sites (tertiary alicyclic amines) is 1. The number of ether oxygens (including phenoxy) is 1. The fourth-order valence-electron chi connectivity index (χ4n) is 4.61. The third kappa shape index (κ3) is 3.88. The van der Waals surface area contributed by atoms with E-state index in [1.807, 2.05) is 38.3 Å². The van der Waals surface area contributed by atoms with Crippen molar-refractivity contribution in [2.75, 3.05) is 36.8 Å². The lowest BCUT2D eigenvalue weighted by molar-refractivity contribution is -0.111. The Hall–Kier alpha value is -3.19. The lowest BCUT2D eigenvalue weighted by Crippen LogP contribution is -2.26. The first-order valence-corrected chi connectivity index (χ1v) is 11.1. The molecule has 166 valence electrons. The third-order valence-corrected chi connectivity index (χ3v) is 6.27. The number of fused-ring (bicyclic) bond motifs is 1. The molecule has 0 atom stereocenters. The summed E-state index contributed by atoms with van der Waals surface area (Å²) in [5.41, 5.74) is 2.80. The third-order valence-electron chi connectivity index (χ3n) is 6.27. The van der Waals surface area contributed by atoms with Crippen molar-refractivity contribution in [2.45, 2.75) is 32.3 Å². The minimum Gasteiger partial charge on any atom is -0.482 e. The topological polar surface area (TPSA) is 66.5 Å². The molecule has 3 aliphatic heterocycles. The molecule has 1 saturated heterocycles. The first-order valence-electron chi connectivity index (χ1n) is 11.1. The zero-order chi connectivity index (χ0) is 22.3. The molecular weight excluding hydrogens is 407 g/mol. The highest BCUT2D eigenvalue weighted by atomic mass is 19.1. The average Bonchev–Trinajstić information content (AvgIpc) is 3.45. The largest absolute Gasteiger partial charge is 0.482 e. The van der Waals surface area contributed by atoms with Gasteiger partial charge in [-0.2, -0.15) is 0 Å². The number of amides is 1. The van der Waals surface area contributed by atoms with Crippen molar-refractivity contribution < 1.29 is 13.9 Å². The van der Waals surface area contributed by atoms with Gasteiger partial charge in [-0.05, 0) is 76.2 Å². The number of nitrogens with one attached hydrogen (secondary N) is 2. The zero-order valence-electron chi connectivity index (χ0n) is 18.4. The number of halogens is 1. The first-order chi connectivity index (χ1) is 15.4. The Kier molecular flexibility index (Phi) is 5.21. The van der Waals surface area contributed by atoms with Crippen LogP contribution in [0.25, 0.3) is 11.1 Å². The van der Waals surface area contributed by atoms with E-state index in [1.54, 1.807) is 6.07 Å². The number of hydrogen-bond acceptors (Lipinski definition) is 5. The summed E-state index contributed by atoms with van der Waals surface area (Å²) in [5, 5.41) is 6.11. The van der Waals surface area contributed by atoms with Gasteiger partial charge in [0, 0.05) is 36.0 Å². The van der Waals surface area contributed by atoms with Gasteiger partial charge in [-0.25, -0.2) is 9.37 Å². The van der Waals surface area contributed by atoms with Crippen LogP contribution in [0, 0.1) is 5.82 Å². The molecule has 0 radical (unpaired) electrons. The minimum absolute atomic E-state index is 0.287. The number of rotatable bonds is 5. The number of anilines is 2. The van der Waals surface area contributed by atoms with Crippen molar-refractivity contribution in [2.24, 2.45) is 0 Å². The summed E-state index contributed by atoms with van der Waals surface area (Å²) in [6.07, 6.45) is 6.32. The number of carbonyl (C=O) groups excluding carboxylic acids is 1. The second-order valence-electron chi connectivity index (χ2n) is 8.96. The molecule has 7 heteroatoms. The summed E-state index contributed by atoms with van der Waals surface area (Å²) in [4.78, 5) is 19.6. The maximum atomic E-state index is 13.6. The molecule has 3 aliphatic rings. The van der Waals surface area contributed by atoms with Gasteiger partial charge in [0.15, 0.2) is 0 Å². The molecule has 0 bridgehead atoms. The summed E-state index contributed by atoms with van der Waals surface area (Å²) in [7, 11) is 0. The highest BCUT2D eigenvalue weighted by Gasteiger charge is 2.38. The van der Waals surface area contributed by atoms with Gasteiger partial charge in [0.05, 0.1) is 11.3 Å². The Morgan fingerprint density at radius 3 is 2.78 bits per heavy atom. The van der Waals surface area contributed by atoms with Gasteiger partial charge in [-0.1, -0.05) is 0 Å². The smallest absolute Gasteiger partial charge is 0.260 e. The van der Waals surface area contributed by atoms with Crippen LogP contribution in [-0.4, -0.2) is 47.6 Å². The molecule has 0 spiro atoms. The molecule has 0 aliphatic carbocycles. The number of benzene rings is 1. The summed E-state index contributed by atoms with van der Waals surface area (Å²) in [6, 6.07) is 8.28. The van der Waals surface area contributed by atoms with Crippen LogP contribution in [0.1, 0.15) is 37.8 Å². The highest BCUT2D eigenvalue weighted by molar-refractivity contribution is 6.32. The molecule has 2 N–H and O–H groups in total. The zero-order valence-corrected chi connectivity index (χ0v) is 18.4. The molecule has 6 nitrogen and oxygen atoms in total. The van der Waals surface area contributed by atoms with E-state index < -0.39 is 5.60 Å². The van der Waals surface area contributed by atoms with Crippen LogP contribution in [-0.2, 0) is 9.53 Å². The van der Waals surface area contributed by atoms with Crippen molar-refractivity contribution >= 4 is 28.6 Å². The van der Waals surface area contributed by atoms with E-state index in [2.05, 4.69) is 20.5 Å². The van der Waals surface area contributed by atoms with E-state index in [4.69, 9.17) is 4.74 Å². The number of allylic oxidation sites excluding steroid dienone is 1. The number of hydrogen-bond donors (Lipinski definition) is 2. The van der Waals surface area contributed by atoms with E-state index in [1.165, 1.54) is 38.1 Å². The minimum atomic E-state index is -0.627. The standard InChI is InChI=1S/C25H27FN4O2/c1-25(2)19(16-5-8-22(28-15-16)27-9-12-30-10-3-4-11-30)14-21(32-25)23-18-7-6-17(26)13-20(18)29-24(23)31/h5-8,13-15H,3-4,9-12H2,1-2H3,(H,27,28)(H,29,31)/b23-21+. The highest BCUT2D eigenvalue weighted by Crippen LogP contribution is 2.44. The van der Waals surface area contributed by atoms with Gasteiger partial charge in [0.2, 0.25) is 0 Å². The molecule has 1 fully saturated rings. The van der Waals surface area contributed by atoms with Gasteiger partial charge in [0.1, 0.15) is 23.0 Å². The van der Waals surface area contributed by atoms with Crippen LogP contribution in [0.2, 0.25) is 0 Å². The van der Waals surface area contributed by atoms with Crippen molar-refractivity contribution in [3.8, 4) is 0 Å². The van der Waals surface area contributed by atoms with Crippen molar-refractivity contribution in [1.82, 2.24) is 9.88 Å². The van der Waals surface area contributed by atoms with Crippen molar-refractivity contribution in [3.63, 3.8) is 0 Å². The van der Waals surface area contributed by atoms with E-state index in [-0.39, 0.29) is 11.7 Å².